The molecule has 1 amide bonds. The molecule has 2 aliphatic heterocycles. The summed E-state index contributed by atoms with van der Waals surface area (Å²) in [6.07, 6.45) is 1.41. The SMILES string of the molecule is CCc1nc(Cl)nc2c1NC(=O)C1CC(OC)CN21. The van der Waals surface area contributed by atoms with Crippen molar-refractivity contribution in [1.29, 1.82) is 0 Å². The Hall–Kier alpha value is -1.40. The highest BCUT2D eigenvalue weighted by atomic mass is 35.5. The predicted octanol–water partition coefficient (Wildman–Crippen LogP) is 1.24. The van der Waals surface area contributed by atoms with Gasteiger partial charge < -0.3 is 15.0 Å². The van der Waals surface area contributed by atoms with E-state index in [-0.39, 0.29) is 23.3 Å². The van der Waals surface area contributed by atoms with Crippen LogP contribution in [0.3, 0.4) is 0 Å². The molecule has 0 radical (unpaired) electrons. The molecule has 3 heterocycles. The fraction of sp³-hybridized carbons (Fsp3) is 0.583. The van der Waals surface area contributed by atoms with Gasteiger partial charge in [-0.3, -0.25) is 4.79 Å². The van der Waals surface area contributed by atoms with Crippen molar-refractivity contribution in [2.24, 2.45) is 0 Å². The lowest BCUT2D eigenvalue weighted by atomic mass is 10.1. The van der Waals surface area contributed by atoms with E-state index < -0.39 is 0 Å². The van der Waals surface area contributed by atoms with Gasteiger partial charge in [-0.2, -0.15) is 4.98 Å². The second kappa shape index (κ2) is 4.61. The largest absolute Gasteiger partial charge is 0.380 e. The first-order valence-electron chi connectivity index (χ1n) is 6.30. The molecule has 19 heavy (non-hydrogen) atoms. The van der Waals surface area contributed by atoms with Crippen LogP contribution in [0, 0.1) is 0 Å². The van der Waals surface area contributed by atoms with E-state index in [0.717, 1.165) is 5.69 Å². The molecule has 2 atom stereocenters. The van der Waals surface area contributed by atoms with E-state index in [1.54, 1.807) is 7.11 Å². The highest BCUT2D eigenvalue weighted by Gasteiger charge is 2.43. The zero-order valence-corrected chi connectivity index (χ0v) is 11.6. The maximum atomic E-state index is 12.2. The van der Waals surface area contributed by atoms with Gasteiger partial charge in [-0.1, -0.05) is 6.92 Å². The summed E-state index contributed by atoms with van der Waals surface area (Å²) in [5.74, 6) is 0.689. The van der Waals surface area contributed by atoms with Gasteiger partial charge in [-0.05, 0) is 18.0 Å². The van der Waals surface area contributed by atoms with Crippen molar-refractivity contribution >= 4 is 29.0 Å². The van der Waals surface area contributed by atoms with Crippen LogP contribution in [0.4, 0.5) is 11.5 Å². The summed E-state index contributed by atoms with van der Waals surface area (Å²) in [5.41, 5.74) is 1.45. The number of hydrogen-bond acceptors (Lipinski definition) is 5. The van der Waals surface area contributed by atoms with Crippen molar-refractivity contribution in [3.63, 3.8) is 0 Å². The molecule has 102 valence electrons. The molecule has 0 aromatic carbocycles. The second-order valence-electron chi connectivity index (χ2n) is 4.74. The van der Waals surface area contributed by atoms with Gasteiger partial charge in [-0.15, -0.1) is 0 Å². The minimum absolute atomic E-state index is 0.0207. The van der Waals surface area contributed by atoms with Crippen molar-refractivity contribution < 1.29 is 9.53 Å². The Morgan fingerprint density at radius 1 is 1.53 bits per heavy atom. The quantitative estimate of drug-likeness (QED) is 0.827. The van der Waals surface area contributed by atoms with Crippen LogP contribution in [0.2, 0.25) is 5.28 Å². The number of rotatable bonds is 2. The predicted molar refractivity (Wildman–Crippen MR) is 71.6 cm³/mol. The number of nitrogens with zero attached hydrogens (tertiary/aromatic N) is 3. The van der Waals surface area contributed by atoms with Crippen molar-refractivity contribution in [3.05, 3.63) is 11.0 Å². The molecule has 3 rings (SSSR count). The number of carbonyl (C=O) groups is 1. The van der Waals surface area contributed by atoms with Gasteiger partial charge in [0.05, 0.1) is 11.8 Å². The summed E-state index contributed by atoms with van der Waals surface area (Å²) in [4.78, 5) is 22.6. The standard InChI is InChI=1S/C12H15ClN4O2/c1-3-7-9-10(16-12(13)14-7)17-5-6(19-2)4-8(17)11(18)15-9/h6,8H,3-5H2,1-2H3,(H,15,18). The van der Waals surface area contributed by atoms with Gasteiger partial charge in [0.2, 0.25) is 11.2 Å². The maximum absolute atomic E-state index is 12.2. The second-order valence-corrected chi connectivity index (χ2v) is 5.08. The molecule has 1 aromatic rings. The van der Waals surface area contributed by atoms with Crippen LogP contribution in [0.5, 0.6) is 0 Å². The number of aryl methyl sites for hydroxylation is 1. The molecule has 1 aromatic heterocycles. The van der Waals surface area contributed by atoms with Crippen LogP contribution in [0.1, 0.15) is 19.0 Å². The number of carbonyl (C=O) groups excluding carboxylic acids is 1. The van der Waals surface area contributed by atoms with Gasteiger partial charge >= 0.3 is 0 Å². The number of nitrogens with one attached hydrogen (secondary N) is 1. The number of aromatic nitrogens is 2. The summed E-state index contributed by atoms with van der Waals surface area (Å²) >= 11 is 5.96. The Balaban J connectivity index is 2.08. The Bertz CT molecular complexity index is 537. The van der Waals surface area contributed by atoms with E-state index in [0.29, 0.717) is 30.9 Å². The molecule has 6 nitrogen and oxygen atoms in total. The molecule has 1 saturated heterocycles. The van der Waals surface area contributed by atoms with Crippen molar-refractivity contribution in [2.45, 2.75) is 31.9 Å². The molecular formula is C12H15ClN4O2. The fourth-order valence-electron chi connectivity index (χ4n) is 2.71. The number of ether oxygens (including phenoxy) is 1. The first kappa shape index (κ1) is 12.6. The van der Waals surface area contributed by atoms with E-state index in [1.807, 2.05) is 11.8 Å². The molecular weight excluding hydrogens is 268 g/mol. The monoisotopic (exact) mass is 282 g/mol. The van der Waals surface area contributed by atoms with E-state index >= 15 is 0 Å². The van der Waals surface area contributed by atoms with Crippen LogP contribution >= 0.6 is 11.6 Å². The van der Waals surface area contributed by atoms with Crippen LogP contribution in [0.25, 0.3) is 0 Å². The maximum Gasteiger partial charge on any atom is 0.247 e. The fourth-order valence-corrected chi connectivity index (χ4v) is 2.90. The topological polar surface area (TPSA) is 67.3 Å². The van der Waals surface area contributed by atoms with Crippen LogP contribution in [-0.4, -0.2) is 41.7 Å². The minimum Gasteiger partial charge on any atom is -0.380 e. The lowest BCUT2D eigenvalue weighted by Crippen LogP contribution is -2.45. The number of methoxy groups -OCH3 is 1. The molecule has 0 aliphatic carbocycles. The van der Waals surface area contributed by atoms with Gasteiger partial charge in [-0.25, -0.2) is 4.98 Å². The lowest BCUT2D eigenvalue weighted by Gasteiger charge is -2.32. The third kappa shape index (κ3) is 1.95. The number of fused-ring (bicyclic) bond motifs is 3. The van der Waals surface area contributed by atoms with E-state index in [9.17, 15) is 4.79 Å². The summed E-state index contributed by atoms with van der Waals surface area (Å²) in [6.45, 7) is 2.62. The zero-order valence-electron chi connectivity index (χ0n) is 10.8. The van der Waals surface area contributed by atoms with Crippen molar-refractivity contribution in [2.75, 3.05) is 23.9 Å². The van der Waals surface area contributed by atoms with Crippen LogP contribution in [0.15, 0.2) is 0 Å². The van der Waals surface area contributed by atoms with Crippen LogP contribution < -0.4 is 10.2 Å². The summed E-state index contributed by atoms with van der Waals surface area (Å²) in [5, 5.41) is 3.12. The van der Waals surface area contributed by atoms with Crippen molar-refractivity contribution in [1.82, 2.24) is 9.97 Å². The molecule has 0 spiro atoms. The number of amides is 1. The summed E-state index contributed by atoms with van der Waals surface area (Å²) in [6, 6.07) is -0.229. The highest BCUT2D eigenvalue weighted by Crippen LogP contribution is 2.38. The first-order chi connectivity index (χ1) is 9.13. The smallest absolute Gasteiger partial charge is 0.247 e. The molecule has 1 fully saturated rings. The molecule has 2 aliphatic rings. The zero-order chi connectivity index (χ0) is 13.6. The average Bonchev–Trinajstić information content (AvgIpc) is 2.84. The van der Waals surface area contributed by atoms with Gasteiger partial charge in [0.15, 0.2) is 5.82 Å². The van der Waals surface area contributed by atoms with E-state index in [4.69, 9.17) is 16.3 Å². The van der Waals surface area contributed by atoms with Crippen molar-refractivity contribution in [3.8, 4) is 0 Å². The molecule has 0 saturated carbocycles. The Morgan fingerprint density at radius 2 is 2.32 bits per heavy atom. The van der Waals surface area contributed by atoms with Gasteiger partial charge in [0.25, 0.3) is 0 Å². The Kier molecular flexibility index (Phi) is 3.06. The first-order valence-corrected chi connectivity index (χ1v) is 6.68. The summed E-state index contributed by atoms with van der Waals surface area (Å²) in [7, 11) is 1.66. The van der Waals surface area contributed by atoms with E-state index in [1.165, 1.54) is 0 Å². The number of hydrogen-bond donors (Lipinski definition) is 1. The number of halogens is 1. The molecule has 7 heteroatoms. The molecule has 2 unspecified atom stereocenters. The average molecular weight is 283 g/mol. The highest BCUT2D eigenvalue weighted by molar-refractivity contribution is 6.28. The Morgan fingerprint density at radius 3 is 3.00 bits per heavy atom. The lowest BCUT2D eigenvalue weighted by molar-refractivity contribution is -0.117. The van der Waals surface area contributed by atoms with Crippen LogP contribution in [-0.2, 0) is 16.0 Å². The summed E-state index contributed by atoms with van der Waals surface area (Å²) < 4.78 is 5.36. The Labute approximate surface area is 116 Å². The third-order valence-electron chi connectivity index (χ3n) is 3.69. The minimum atomic E-state index is -0.229. The van der Waals surface area contributed by atoms with Gasteiger partial charge in [0.1, 0.15) is 11.7 Å². The molecule has 1 N–H and O–H groups in total. The van der Waals surface area contributed by atoms with Gasteiger partial charge in [0, 0.05) is 20.1 Å². The normalized spacial score (nSPS) is 25.0. The molecule has 0 bridgehead atoms. The third-order valence-corrected chi connectivity index (χ3v) is 3.86. The van der Waals surface area contributed by atoms with E-state index in [2.05, 4.69) is 15.3 Å². The number of anilines is 2.